The van der Waals surface area contributed by atoms with E-state index in [1.807, 2.05) is 6.92 Å². The van der Waals surface area contributed by atoms with Gasteiger partial charge in [0, 0.05) is 11.6 Å². The quantitative estimate of drug-likeness (QED) is 0.813. The van der Waals surface area contributed by atoms with Crippen LogP contribution in [0.3, 0.4) is 0 Å². The molecule has 1 rings (SSSR count). The molecule has 0 unspecified atom stereocenters. The van der Waals surface area contributed by atoms with Crippen LogP contribution in [0.5, 0.6) is 5.75 Å². The number of hydrogen-bond donors (Lipinski definition) is 2. The maximum absolute atomic E-state index is 11.8. The number of aromatic hydroxyl groups is 1. The van der Waals surface area contributed by atoms with E-state index in [0.717, 1.165) is 6.42 Å². The van der Waals surface area contributed by atoms with Crippen molar-refractivity contribution in [3.05, 3.63) is 28.8 Å². The number of phenols is 1. The summed E-state index contributed by atoms with van der Waals surface area (Å²) in [6.45, 7) is 3.91. The van der Waals surface area contributed by atoms with E-state index in [1.54, 1.807) is 0 Å². The molecule has 0 saturated heterocycles. The third-order valence-electron chi connectivity index (χ3n) is 2.38. The minimum atomic E-state index is -0.922. The Bertz CT molecular complexity index is 476. The van der Waals surface area contributed by atoms with E-state index < -0.39 is 12.1 Å². The van der Waals surface area contributed by atoms with Gasteiger partial charge in [0.1, 0.15) is 11.3 Å². The molecule has 0 fully saturated rings. The number of esters is 1. The molecule has 0 bridgehead atoms. The van der Waals surface area contributed by atoms with Gasteiger partial charge in [0.25, 0.3) is 5.91 Å². The zero-order chi connectivity index (χ0) is 14.4. The van der Waals surface area contributed by atoms with E-state index in [1.165, 1.54) is 25.1 Å². The SMILES string of the molecule is CCCNC(=O)[C@H](C)OC(=O)c1ccc(Cl)cc1O. The number of carbonyl (C=O) groups is 2. The maximum Gasteiger partial charge on any atom is 0.342 e. The Labute approximate surface area is 116 Å². The number of amides is 1. The van der Waals surface area contributed by atoms with Crippen LogP contribution < -0.4 is 5.32 Å². The number of hydrogen-bond acceptors (Lipinski definition) is 4. The molecule has 6 heteroatoms. The summed E-state index contributed by atoms with van der Waals surface area (Å²) in [6.07, 6.45) is -0.126. The van der Waals surface area contributed by atoms with Crippen LogP contribution in [0.4, 0.5) is 0 Å². The fourth-order valence-corrected chi connectivity index (χ4v) is 1.51. The van der Waals surface area contributed by atoms with Crippen LogP contribution in [-0.2, 0) is 9.53 Å². The van der Waals surface area contributed by atoms with Crippen molar-refractivity contribution in [1.82, 2.24) is 5.32 Å². The first-order chi connectivity index (χ1) is 8.95. The summed E-state index contributed by atoms with van der Waals surface area (Å²) in [7, 11) is 0. The second kappa shape index (κ2) is 6.99. The van der Waals surface area contributed by atoms with Crippen LogP contribution in [0.2, 0.25) is 5.02 Å². The second-order valence-electron chi connectivity index (χ2n) is 4.00. The predicted octanol–water partition coefficient (Wildman–Crippen LogP) is 2.12. The standard InChI is InChI=1S/C13H16ClNO4/c1-3-6-15-12(17)8(2)19-13(18)10-5-4-9(14)7-11(10)16/h4-5,7-8,16H,3,6H2,1-2H3,(H,15,17)/t8-/m0/s1. The summed E-state index contributed by atoms with van der Waals surface area (Å²) in [5.41, 5.74) is -0.0282. The van der Waals surface area contributed by atoms with Gasteiger partial charge in [-0.2, -0.15) is 0 Å². The number of phenolic OH excluding ortho intramolecular Hbond substituents is 1. The van der Waals surface area contributed by atoms with E-state index in [0.29, 0.717) is 11.6 Å². The van der Waals surface area contributed by atoms with Crippen LogP contribution in [0.1, 0.15) is 30.6 Å². The molecule has 1 aromatic carbocycles. The summed E-state index contributed by atoms with van der Waals surface area (Å²) in [5, 5.41) is 12.5. The van der Waals surface area contributed by atoms with Crippen molar-refractivity contribution in [3.8, 4) is 5.75 Å². The fraction of sp³-hybridized carbons (Fsp3) is 0.385. The summed E-state index contributed by atoms with van der Waals surface area (Å²) >= 11 is 5.66. The first-order valence-electron chi connectivity index (χ1n) is 5.93. The molecular weight excluding hydrogens is 270 g/mol. The smallest absolute Gasteiger partial charge is 0.342 e. The van der Waals surface area contributed by atoms with Gasteiger partial charge in [0.05, 0.1) is 0 Å². The average molecular weight is 286 g/mol. The maximum atomic E-state index is 11.8. The van der Waals surface area contributed by atoms with Crippen molar-refractivity contribution in [2.24, 2.45) is 0 Å². The molecule has 19 heavy (non-hydrogen) atoms. The van der Waals surface area contributed by atoms with Crippen LogP contribution in [0.25, 0.3) is 0 Å². The molecule has 0 saturated carbocycles. The molecule has 0 spiro atoms. The molecule has 5 nitrogen and oxygen atoms in total. The molecule has 0 aromatic heterocycles. The lowest BCUT2D eigenvalue weighted by Gasteiger charge is -2.13. The summed E-state index contributed by atoms with van der Waals surface area (Å²) < 4.78 is 4.96. The molecule has 0 aliphatic rings. The Hall–Kier alpha value is -1.75. The number of benzene rings is 1. The van der Waals surface area contributed by atoms with Crippen molar-refractivity contribution < 1.29 is 19.4 Å². The molecule has 1 amide bonds. The molecule has 0 heterocycles. The number of ether oxygens (including phenoxy) is 1. The van der Waals surface area contributed by atoms with Gasteiger partial charge in [-0.05, 0) is 31.5 Å². The first kappa shape index (κ1) is 15.3. The number of rotatable bonds is 5. The second-order valence-corrected chi connectivity index (χ2v) is 4.44. The van der Waals surface area contributed by atoms with E-state index in [9.17, 15) is 14.7 Å². The molecule has 0 aliphatic heterocycles. The summed E-state index contributed by atoms with van der Waals surface area (Å²) in [6, 6.07) is 4.04. The molecular formula is C13H16ClNO4. The molecule has 1 atom stereocenters. The minimum absolute atomic E-state index is 0.0282. The van der Waals surface area contributed by atoms with Gasteiger partial charge in [0.15, 0.2) is 6.10 Å². The lowest BCUT2D eigenvalue weighted by molar-refractivity contribution is -0.129. The van der Waals surface area contributed by atoms with Gasteiger partial charge in [-0.25, -0.2) is 4.79 Å². The highest BCUT2D eigenvalue weighted by Crippen LogP contribution is 2.22. The topological polar surface area (TPSA) is 75.6 Å². The van der Waals surface area contributed by atoms with Crippen molar-refractivity contribution in [1.29, 1.82) is 0 Å². The molecule has 0 aliphatic carbocycles. The lowest BCUT2D eigenvalue weighted by atomic mass is 10.2. The van der Waals surface area contributed by atoms with E-state index >= 15 is 0 Å². The highest BCUT2D eigenvalue weighted by atomic mass is 35.5. The van der Waals surface area contributed by atoms with E-state index in [2.05, 4.69) is 5.32 Å². The third-order valence-corrected chi connectivity index (χ3v) is 2.62. The Balaban J connectivity index is 2.66. The van der Waals surface area contributed by atoms with Crippen molar-refractivity contribution in [3.63, 3.8) is 0 Å². The normalized spacial score (nSPS) is 11.7. The van der Waals surface area contributed by atoms with Crippen LogP contribution >= 0.6 is 11.6 Å². The Kier molecular flexibility index (Phi) is 5.63. The number of nitrogens with one attached hydrogen (secondary N) is 1. The largest absolute Gasteiger partial charge is 0.507 e. The molecule has 1 aromatic rings. The minimum Gasteiger partial charge on any atom is -0.507 e. The van der Waals surface area contributed by atoms with Crippen LogP contribution in [-0.4, -0.2) is 29.6 Å². The van der Waals surface area contributed by atoms with Crippen molar-refractivity contribution >= 4 is 23.5 Å². The van der Waals surface area contributed by atoms with Gasteiger partial charge in [-0.1, -0.05) is 18.5 Å². The predicted molar refractivity (Wildman–Crippen MR) is 71.3 cm³/mol. The van der Waals surface area contributed by atoms with Gasteiger partial charge in [-0.3, -0.25) is 4.79 Å². The monoisotopic (exact) mass is 285 g/mol. The van der Waals surface area contributed by atoms with Gasteiger partial charge in [0.2, 0.25) is 0 Å². The van der Waals surface area contributed by atoms with Crippen molar-refractivity contribution in [2.45, 2.75) is 26.4 Å². The zero-order valence-corrected chi connectivity index (χ0v) is 11.5. The average Bonchev–Trinajstić information content (AvgIpc) is 2.35. The van der Waals surface area contributed by atoms with E-state index in [-0.39, 0.29) is 17.2 Å². The molecule has 0 radical (unpaired) electrons. The Morgan fingerprint density at radius 3 is 2.74 bits per heavy atom. The lowest BCUT2D eigenvalue weighted by Crippen LogP contribution is -2.36. The highest BCUT2D eigenvalue weighted by Gasteiger charge is 2.20. The van der Waals surface area contributed by atoms with Crippen molar-refractivity contribution in [2.75, 3.05) is 6.54 Å². The Morgan fingerprint density at radius 2 is 2.16 bits per heavy atom. The van der Waals surface area contributed by atoms with Crippen LogP contribution in [0.15, 0.2) is 18.2 Å². The zero-order valence-electron chi connectivity index (χ0n) is 10.8. The van der Waals surface area contributed by atoms with Crippen LogP contribution in [0, 0.1) is 0 Å². The number of halogens is 1. The Morgan fingerprint density at radius 1 is 1.47 bits per heavy atom. The highest BCUT2D eigenvalue weighted by molar-refractivity contribution is 6.30. The fourth-order valence-electron chi connectivity index (χ4n) is 1.35. The van der Waals surface area contributed by atoms with Gasteiger partial charge >= 0.3 is 5.97 Å². The van der Waals surface area contributed by atoms with E-state index in [4.69, 9.17) is 16.3 Å². The van der Waals surface area contributed by atoms with Gasteiger partial charge < -0.3 is 15.2 Å². The summed E-state index contributed by atoms with van der Waals surface area (Å²) in [5.74, 6) is -1.42. The van der Waals surface area contributed by atoms with Gasteiger partial charge in [-0.15, -0.1) is 0 Å². The molecule has 2 N–H and O–H groups in total. The first-order valence-corrected chi connectivity index (χ1v) is 6.30. The third kappa shape index (κ3) is 4.44. The number of carbonyl (C=O) groups excluding carboxylic acids is 2. The summed E-state index contributed by atoms with van der Waals surface area (Å²) in [4.78, 5) is 23.3. The molecule has 104 valence electrons.